The summed E-state index contributed by atoms with van der Waals surface area (Å²) in [5.74, 6) is 0.236. The summed E-state index contributed by atoms with van der Waals surface area (Å²) < 4.78 is 0. The lowest BCUT2D eigenvalue weighted by atomic mass is 10.1. The summed E-state index contributed by atoms with van der Waals surface area (Å²) in [5, 5.41) is 1.98. The van der Waals surface area contributed by atoms with Gasteiger partial charge in [0.25, 0.3) is 0 Å². The Morgan fingerprint density at radius 1 is 1.12 bits per heavy atom. The van der Waals surface area contributed by atoms with Crippen molar-refractivity contribution in [2.24, 2.45) is 0 Å². The largest absolute Gasteiger partial charge is 0.355 e. The number of para-hydroxylation sites is 1. The molecule has 0 aliphatic rings. The topological polar surface area (TPSA) is 62.8 Å². The third-order valence-electron chi connectivity index (χ3n) is 4.64. The summed E-state index contributed by atoms with van der Waals surface area (Å²) >= 11 is 1.43. The molecule has 0 aliphatic heterocycles. The number of aromatic amines is 1. The molecule has 3 rings (SSSR count). The minimum Gasteiger partial charge on any atom is -0.355 e. The first-order chi connectivity index (χ1) is 12.3. The van der Waals surface area contributed by atoms with E-state index in [0.29, 0.717) is 11.3 Å². The second kappa shape index (κ2) is 7.08. The van der Waals surface area contributed by atoms with Crippen LogP contribution in [-0.2, 0) is 0 Å². The molecular weight excluding hydrogens is 344 g/mol. The lowest BCUT2D eigenvalue weighted by Crippen LogP contribution is -2.06. The fraction of sp³-hybridized carbons (Fsp3) is 0.286. The number of aromatic nitrogens is 2. The fourth-order valence-electron chi connectivity index (χ4n) is 3.37. The van der Waals surface area contributed by atoms with Crippen LogP contribution in [0, 0.1) is 27.7 Å². The zero-order chi connectivity index (χ0) is 19.0. The molecule has 0 aliphatic carbocycles. The van der Waals surface area contributed by atoms with Crippen LogP contribution in [0.1, 0.15) is 50.2 Å². The van der Waals surface area contributed by atoms with Crippen LogP contribution >= 0.6 is 11.8 Å². The highest BCUT2D eigenvalue weighted by Gasteiger charge is 2.20. The van der Waals surface area contributed by atoms with Gasteiger partial charge in [0.15, 0.2) is 11.6 Å². The Bertz CT molecular complexity index is 1030. The molecule has 0 amide bonds. The monoisotopic (exact) mass is 366 g/mol. The number of thioether (sulfide) groups is 1. The van der Waals surface area contributed by atoms with Gasteiger partial charge in [-0.25, -0.2) is 4.98 Å². The molecule has 0 atom stereocenters. The Kier molecular flexibility index (Phi) is 5.01. The third kappa shape index (κ3) is 3.31. The van der Waals surface area contributed by atoms with Gasteiger partial charge in [0.1, 0.15) is 0 Å². The standard InChI is InChI=1S/C21H22N2O2S/c1-11-7-6-8-16-12(2)9-18(23-20(11)16)26-10-17(25)21-13(3)19(15(5)24)14(4)22-21/h6-9,22H,10H2,1-5H3. The van der Waals surface area contributed by atoms with E-state index < -0.39 is 0 Å². The quantitative estimate of drug-likeness (QED) is 0.511. The minimum absolute atomic E-state index is 0.0209. The predicted octanol–water partition coefficient (Wildman–Crippen LogP) is 4.97. The number of H-pyrrole nitrogens is 1. The molecule has 0 bridgehead atoms. The summed E-state index contributed by atoms with van der Waals surface area (Å²) in [6.45, 7) is 9.27. The van der Waals surface area contributed by atoms with Gasteiger partial charge in [-0.2, -0.15) is 0 Å². The summed E-state index contributed by atoms with van der Waals surface area (Å²) in [5.41, 5.74) is 5.88. The van der Waals surface area contributed by atoms with Crippen molar-refractivity contribution in [3.63, 3.8) is 0 Å². The molecule has 134 valence electrons. The van der Waals surface area contributed by atoms with E-state index in [1.165, 1.54) is 18.7 Å². The van der Waals surface area contributed by atoms with Crippen molar-refractivity contribution in [1.29, 1.82) is 0 Å². The normalized spacial score (nSPS) is 11.1. The molecule has 1 aromatic carbocycles. The number of Topliss-reactive ketones (excluding diaryl/α,β-unsaturated/α-hetero) is 2. The molecule has 2 heterocycles. The number of ketones is 2. The first-order valence-corrected chi connectivity index (χ1v) is 9.51. The van der Waals surface area contributed by atoms with Gasteiger partial charge in [-0.3, -0.25) is 9.59 Å². The number of fused-ring (bicyclic) bond motifs is 1. The van der Waals surface area contributed by atoms with Gasteiger partial charge in [0, 0.05) is 16.6 Å². The van der Waals surface area contributed by atoms with Gasteiger partial charge >= 0.3 is 0 Å². The zero-order valence-corrected chi connectivity index (χ0v) is 16.5. The van der Waals surface area contributed by atoms with Crippen molar-refractivity contribution in [2.45, 2.75) is 39.6 Å². The number of aryl methyl sites for hydroxylation is 3. The van der Waals surface area contributed by atoms with E-state index in [1.54, 1.807) is 0 Å². The molecule has 0 spiro atoms. The van der Waals surface area contributed by atoms with E-state index in [0.717, 1.165) is 38.3 Å². The number of nitrogens with zero attached hydrogens (tertiary/aromatic N) is 1. The van der Waals surface area contributed by atoms with E-state index in [4.69, 9.17) is 4.98 Å². The number of hydrogen-bond donors (Lipinski definition) is 1. The number of nitrogens with one attached hydrogen (secondary N) is 1. The smallest absolute Gasteiger partial charge is 0.189 e. The maximum Gasteiger partial charge on any atom is 0.189 e. The van der Waals surface area contributed by atoms with Crippen molar-refractivity contribution >= 4 is 34.2 Å². The van der Waals surface area contributed by atoms with Gasteiger partial charge in [-0.15, -0.1) is 0 Å². The van der Waals surface area contributed by atoms with Crippen LogP contribution in [0.3, 0.4) is 0 Å². The van der Waals surface area contributed by atoms with E-state index in [9.17, 15) is 9.59 Å². The van der Waals surface area contributed by atoms with Crippen molar-refractivity contribution < 1.29 is 9.59 Å². The van der Waals surface area contributed by atoms with Crippen LogP contribution in [0.2, 0.25) is 0 Å². The Balaban J connectivity index is 1.85. The Hall–Kier alpha value is -2.40. The third-order valence-corrected chi connectivity index (χ3v) is 5.56. The average Bonchev–Trinajstić information content (AvgIpc) is 2.88. The van der Waals surface area contributed by atoms with Crippen LogP contribution < -0.4 is 0 Å². The number of rotatable bonds is 5. The lowest BCUT2D eigenvalue weighted by Gasteiger charge is -2.08. The molecule has 1 N–H and O–H groups in total. The molecule has 0 radical (unpaired) electrons. The lowest BCUT2D eigenvalue weighted by molar-refractivity contribution is 0.101. The maximum absolute atomic E-state index is 12.7. The van der Waals surface area contributed by atoms with Crippen LogP contribution in [0.15, 0.2) is 29.3 Å². The van der Waals surface area contributed by atoms with Crippen LogP contribution in [-0.4, -0.2) is 27.3 Å². The molecule has 3 aromatic rings. The Morgan fingerprint density at radius 2 is 1.85 bits per heavy atom. The van der Waals surface area contributed by atoms with Crippen LogP contribution in [0.4, 0.5) is 0 Å². The van der Waals surface area contributed by atoms with Crippen molar-refractivity contribution in [3.05, 3.63) is 57.9 Å². The summed E-state index contributed by atoms with van der Waals surface area (Å²) in [6, 6.07) is 8.17. The van der Waals surface area contributed by atoms with Crippen LogP contribution in [0.25, 0.3) is 10.9 Å². The Morgan fingerprint density at radius 3 is 2.50 bits per heavy atom. The highest BCUT2D eigenvalue weighted by atomic mass is 32.2. The molecule has 0 saturated heterocycles. The molecule has 0 fully saturated rings. The summed E-state index contributed by atoms with van der Waals surface area (Å²) in [7, 11) is 0. The van der Waals surface area contributed by atoms with E-state index in [1.807, 2.05) is 39.0 Å². The molecule has 4 nitrogen and oxygen atoms in total. The second-order valence-electron chi connectivity index (χ2n) is 6.64. The molecule has 2 aromatic heterocycles. The van der Waals surface area contributed by atoms with E-state index in [2.05, 4.69) is 18.0 Å². The van der Waals surface area contributed by atoms with E-state index in [-0.39, 0.29) is 17.3 Å². The molecule has 26 heavy (non-hydrogen) atoms. The number of benzene rings is 1. The summed E-state index contributed by atoms with van der Waals surface area (Å²) in [6.07, 6.45) is 0. The van der Waals surface area contributed by atoms with Gasteiger partial charge in [0.2, 0.25) is 0 Å². The summed E-state index contributed by atoms with van der Waals surface area (Å²) in [4.78, 5) is 32.2. The van der Waals surface area contributed by atoms with Gasteiger partial charge in [-0.05, 0) is 57.4 Å². The first kappa shape index (κ1) is 18.4. The van der Waals surface area contributed by atoms with Gasteiger partial charge in [0.05, 0.1) is 22.0 Å². The van der Waals surface area contributed by atoms with Gasteiger partial charge < -0.3 is 4.98 Å². The number of carbonyl (C=O) groups is 2. The fourth-order valence-corrected chi connectivity index (χ4v) is 4.21. The molecule has 0 saturated carbocycles. The van der Waals surface area contributed by atoms with Gasteiger partial charge in [-0.1, -0.05) is 30.0 Å². The van der Waals surface area contributed by atoms with Crippen molar-refractivity contribution in [2.75, 3.05) is 5.75 Å². The van der Waals surface area contributed by atoms with Crippen molar-refractivity contribution in [3.8, 4) is 0 Å². The SMILES string of the molecule is CC(=O)c1c(C)[nH]c(C(=O)CSc2cc(C)c3cccc(C)c3n2)c1C. The highest BCUT2D eigenvalue weighted by Crippen LogP contribution is 2.27. The average molecular weight is 366 g/mol. The number of pyridine rings is 1. The maximum atomic E-state index is 12.7. The molecule has 5 heteroatoms. The van der Waals surface area contributed by atoms with Crippen LogP contribution in [0.5, 0.6) is 0 Å². The Labute approximate surface area is 157 Å². The molecule has 0 unspecified atom stereocenters. The minimum atomic E-state index is -0.0229. The highest BCUT2D eigenvalue weighted by molar-refractivity contribution is 7.99. The predicted molar refractivity (Wildman–Crippen MR) is 107 cm³/mol. The van der Waals surface area contributed by atoms with Crippen molar-refractivity contribution in [1.82, 2.24) is 9.97 Å². The first-order valence-electron chi connectivity index (χ1n) is 8.52. The number of carbonyl (C=O) groups excluding carboxylic acids is 2. The zero-order valence-electron chi connectivity index (χ0n) is 15.7. The number of hydrogen-bond acceptors (Lipinski definition) is 4. The second-order valence-corrected chi connectivity index (χ2v) is 7.64. The van der Waals surface area contributed by atoms with E-state index >= 15 is 0 Å². The molecular formula is C21H22N2O2S.